The highest BCUT2D eigenvalue weighted by atomic mass is 35.5. The van der Waals surface area contributed by atoms with Gasteiger partial charge in [0.15, 0.2) is 0 Å². The molecule has 0 saturated carbocycles. The van der Waals surface area contributed by atoms with Crippen LogP contribution in [-0.4, -0.2) is 22.1 Å². The van der Waals surface area contributed by atoms with E-state index in [9.17, 15) is 4.79 Å². The molecule has 2 rings (SSSR count). The first kappa shape index (κ1) is 13.5. The minimum absolute atomic E-state index is 0.189. The predicted octanol–water partition coefficient (Wildman–Crippen LogP) is 2.55. The number of nitrogens with zero attached hydrogens (tertiary/aromatic N) is 3. The molecule has 0 unspecified atom stereocenters. The van der Waals surface area contributed by atoms with Gasteiger partial charge in [0.25, 0.3) is 5.91 Å². The Morgan fingerprint density at radius 2 is 2.11 bits per heavy atom. The second-order valence-electron chi connectivity index (χ2n) is 3.46. The lowest BCUT2D eigenvalue weighted by Gasteiger charge is -1.99. The molecule has 0 spiro atoms. The summed E-state index contributed by atoms with van der Waals surface area (Å²) in [5.41, 5.74) is 3.24. The van der Waals surface area contributed by atoms with Gasteiger partial charge in [-0.15, -0.1) is 0 Å². The Morgan fingerprint density at radius 3 is 2.79 bits per heavy atom. The van der Waals surface area contributed by atoms with Gasteiger partial charge < -0.3 is 0 Å². The number of benzene rings is 1. The molecule has 1 N–H and O–H groups in total. The molecule has 0 radical (unpaired) electrons. The lowest BCUT2D eigenvalue weighted by atomic mass is 10.2. The van der Waals surface area contributed by atoms with Crippen molar-refractivity contribution in [1.29, 1.82) is 0 Å². The van der Waals surface area contributed by atoms with E-state index in [1.165, 1.54) is 24.8 Å². The summed E-state index contributed by atoms with van der Waals surface area (Å²) in [6, 6.07) is 5.02. The number of carbonyl (C=O) groups is 1. The smallest absolute Gasteiger partial charge is 0.265 e. The summed E-state index contributed by atoms with van der Waals surface area (Å²) in [6.45, 7) is 0. The van der Waals surface area contributed by atoms with Gasteiger partial charge in [-0.1, -0.05) is 29.3 Å². The van der Waals surface area contributed by atoms with E-state index in [1.807, 2.05) is 0 Å². The Bertz CT molecular complexity index is 616. The quantitative estimate of drug-likeness (QED) is 0.699. The molecule has 0 fully saturated rings. The van der Waals surface area contributed by atoms with E-state index >= 15 is 0 Å². The van der Waals surface area contributed by atoms with Gasteiger partial charge in [0.1, 0.15) is 5.69 Å². The normalized spacial score (nSPS) is 10.6. The van der Waals surface area contributed by atoms with Crippen LogP contribution in [0, 0.1) is 0 Å². The molecule has 0 saturated heterocycles. The molecular weight excluding hydrogens is 287 g/mol. The number of hydrogen-bond acceptors (Lipinski definition) is 4. The lowest BCUT2D eigenvalue weighted by molar-refractivity contribution is 0.0950. The first-order chi connectivity index (χ1) is 9.16. The van der Waals surface area contributed by atoms with Crippen molar-refractivity contribution in [3.63, 3.8) is 0 Å². The molecule has 0 bridgehead atoms. The standard InChI is InChI=1S/C12H8Cl2N4O/c13-9-2-1-8(5-10(9)14)6-17-18-12(19)11-7-15-3-4-16-11/h1-7H,(H,18,19)/b17-6-. The first-order valence-corrected chi connectivity index (χ1v) is 5.97. The Balaban J connectivity index is 2.00. The summed E-state index contributed by atoms with van der Waals surface area (Å²) in [5, 5.41) is 4.68. The van der Waals surface area contributed by atoms with Crippen LogP contribution in [0.5, 0.6) is 0 Å². The van der Waals surface area contributed by atoms with Crippen LogP contribution in [0.4, 0.5) is 0 Å². The van der Waals surface area contributed by atoms with Crippen LogP contribution in [-0.2, 0) is 0 Å². The number of aromatic nitrogens is 2. The van der Waals surface area contributed by atoms with E-state index in [0.29, 0.717) is 15.6 Å². The molecule has 0 atom stereocenters. The fourth-order valence-corrected chi connectivity index (χ4v) is 1.54. The van der Waals surface area contributed by atoms with E-state index in [1.54, 1.807) is 18.2 Å². The number of rotatable bonds is 3. The van der Waals surface area contributed by atoms with Gasteiger partial charge in [-0.25, -0.2) is 10.4 Å². The van der Waals surface area contributed by atoms with Gasteiger partial charge in [-0.2, -0.15) is 5.10 Å². The predicted molar refractivity (Wildman–Crippen MR) is 73.6 cm³/mol. The third-order valence-electron chi connectivity index (χ3n) is 2.12. The SMILES string of the molecule is O=C(N/N=C\c1ccc(Cl)c(Cl)c1)c1cnccn1. The maximum absolute atomic E-state index is 11.6. The highest BCUT2D eigenvalue weighted by Crippen LogP contribution is 2.21. The van der Waals surface area contributed by atoms with E-state index in [0.717, 1.165) is 0 Å². The van der Waals surface area contributed by atoms with Gasteiger partial charge in [-0.3, -0.25) is 9.78 Å². The molecule has 0 aliphatic carbocycles. The number of halogens is 2. The maximum Gasteiger partial charge on any atom is 0.291 e. The molecular formula is C12H8Cl2N4O. The van der Waals surface area contributed by atoms with Gasteiger partial charge >= 0.3 is 0 Å². The zero-order valence-corrected chi connectivity index (χ0v) is 11.1. The van der Waals surface area contributed by atoms with Crippen LogP contribution in [0.15, 0.2) is 41.9 Å². The summed E-state index contributed by atoms with van der Waals surface area (Å²) >= 11 is 11.6. The van der Waals surface area contributed by atoms with Crippen molar-refractivity contribution in [2.75, 3.05) is 0 Å². The minimum Gasteiger partial charge on any atom is -0.265 e. The van der Waals surface area contributed by atoms with Crippen LogP contribution in [0.25, 0.3) is 0 Å². The Hall–Kier alpha value is -1.98. The summed E-state index contributed by atoms with van der Waals surface area (Å²) in [7, 11) is 0. The Morgan fingerprint density at radius 1 is 1.26 bits per heavy atom. The van der Waals surface area contributed by atoms with Gasteiger partial charge in [-0.05, 0) is 17.7 Å². The van der Waals surface area contributed by atoms with Crippen LogP contribution in [0.3, 0.4) is 0 Å². The largest absolute Gasteiger partial charge is 0.291 e. The fourth-order valence-electron chi connectivity index (χ4n) is 1.23. The molecule has 1 aromatic carbocycles. The second kappa shape index (κ2) is 6.26. The highest BCUT2D eigenvalue weighted by molar-refractivity contribution is 6.42. The Labute approximate surface area is 119 Å². The molecule has 1 heterocycles. The van der Waals surface area contributed by atoms with Crippen molar-refractivity contribution in [3.05, 3.63) is 58.1 Å². The van der Waals surface area contributed by atoms with Crippen LogP contribution in [0.2, 0.25) is 10.0 Å². The molecule has 7 heteroatoms. The summed E-state index contributed by atoms with van der Waals surface area (Å²) < 4.78 is 0. The van der Waals surface area contributed by atoms with Crippen molar-refractivity contribution in [1.82, 2.24) is 15.4 Å². The maximum atomic E-state index is 11.6. The van der Waals surface area contributed by atoms with Gasteiger partial charge in [0.2, 0.25) is 0 Å². The van der Waals surface area contributed by atoms with Crippen LogP contribution in [0.1, 0.15) is 16.1 Å². The van der Waals surface area contributed by atoms with E-state index < -0.39 is 5.91 Å². The summed E-state index contributed by atoms with van der Waals surface area (Å²) in [5.74, 6) is -0.440. The lowest BCUT2D eigenvalue weighted by Crippen LogP contribution is -2.19. The van der Waals surface area contributed by atoms with Gasteiger partial charge in [0, 0.05) is 12.4 Å². The molecule has 2 aromatic rings. The van der Waals surface area contributed by atoms with Crippen molar-refractivity contribution >= 4 is 35.3 Å². The van der Waals surface area contributed by atoms with Crippen molar-refractivity contribution in [2.45, 2.75) is 0 Å². The minimum atomic E-state index is -0.440. The summed E-state index contributed by atoms with van der Waals surface area (Å²) in [4.78, 5) is 19.2. The number of hydrazone groups is 1. The molecule has 96 valence electrons. The number of carbonyl (C=O) groups excluding carboxylic acids is 1. The average molecular weight is 295 g/mol. The first-order valence-electron chi connectivity index (χ1n) is 5.21. The van der Waals surface area contributed by atoms with E-state index in [2.05, 4.69) is 20.5 Å². The number of nitrogens with one attached hydrogen (secondary N) is 1. The van der Waals surface area contributed by atoms with Crippen LogP contribution < -0.4 is 5.43 Å². The molecule has 1 amide bonds. The topological polar surface area (TPSA) is 67.2 Å². The van der Waals surface area contributed by atoms with Crippen molar-refractivity contribution < 1.29 is 4.79 Å². The van der Waals surface area contributed by atoms with E-state index in [4.69, 9.17) is 23.2 Å². The third kappa shape index (κ3) is 3.74. The van der Waals surface area contributed by atoms with Crippen molar-refractivity contribution in [2.24, 2.45) is 5.10 Å². The Kier molecular flexibility index (Phi) is 4.43. The van der Waals surface area contributed by atoms with Crippen LogP contribution >= 0.6 is 23.2 Å². The molecule has 5 nitrogen and oxygen atoms in total. The van der Waals surface area contributed by atoms with Crippen molar-refractivity contribution in [3.8, 4) is 0 Å². The van der Waals surface area contributed by atoms with Gasteiger partial charge in [0.05, 0.1) is 22.5 Å². The average Bonchev–Trinajstić information content (AvgIpc) is 2.43. The number of amides is 1. The van der Waals surface area contributed by atoms with E-state index in [-0.39, 0.29) is 5.69 Å². The molecule has 19 heavy (non-hydrogen) atoms. The third-order valence-corrected chi connectivity index (χ3v) is 2.86. The fraction of sp³-hybridized carbons (Fsp3) is 0. The molecule has 1 aromatic heterocycles. The monoisotopic (exact) mass is 294 g/mol. The number of hydrogen-bond donors (Lipinski definition) is 1. The highest BCUT2D eigenvalue weighted by Gasteiger charge is 2.04. The second-order valence-corrected chi connectivity index (χ2v) is 4.28. The molecule has 0 aliphatic rings. The zero-order chi connectivity index (χ0) is 13.7. The zero-order valence-electron chi connectivity index (χ0n) is 9.55. The molecule has 0 aliphatic heterocycles. The summed E-state index contributed by atoms with van der Waals surface area (Å²) in [6.07, 6.45) is 5.72.